The summed E-state index contributed by atoms with van der Waals surface area (Å²) in [4.78, 5) is 0. The van der Waals surface area contributed by atoms with Gasteiger partial charge in [-0.25, -0.2) is 4.39 Å². The van der Waals surface area contributed by atoms with Crippen LogP contribution in [0.4, 0.5) is 10.1 Å². The molecule has 0 saturated heterocycles. The van der Waals surface area contributed by atoms with Crippen molar-refractivity contribution in [1.29, 1.82) is 0 Å². The number of hydrogen-bond donors (Lipinski definition) is 1. The van der Waals surface area contributed by atoms with Crippen LogP contribution in [0, 0.1) is 25.6 Å². The molecule has 112 valence electrons. The second kappa shape index (κ2) is 4.98. The summed E-state index contributed by atoms with van der Waals surface area (Å²) < 4.78 is 13.7. The molecule has 1 N–H and O–H groups in total. The fraction of sp³-hybridized carbons (Fsp3) is 0.300. The second-order valence-corrected chi connectivity index (χ2v) is 6.50. The number of rotatable bonds is 1. The van der Waals surface area contributed by atoms with Gasteiger partial charge in [-0.3, -0.25) is 0 Å². The molecular formula is C20H20FN. The van der Waals surface area contributed by atoms with E-state index >= 15 is 0 Å². The first-order valence-corrected chi connectivity index (χ1v) is 7.94. The molecule has 2 aromatic carbocycles. The van der Waals surface area contributed by atoms with Crippen LogP contribution in [0.15, 0.2) is 48.6 Å². The molecule has 1 aliphatic carbocycles. The van der Waals surface area contributed by atoms with Crippen molar-refractivity contribution in [1.82, 2.24) is 0 Å². The first-order chi connectivity index (χ1) is 10.6. The highest BCUT2D eigenvalue weighted by Crippen LogP contribution is 2.50. The molecule has 3 atom stereocenters. The molecule has 0 bridgehead atoms. The van der Waals surface area contributed by atoms with E-state index in [-0.39, 0.29) is 11.9 Å². The lowest BCUT2D eigenvalue weighted by molar-refractivity contribution is 0.423. The van der Waals surface area contributed by atoms with E-state index in [0.29, 0.717) is 11.8 Å². The summed E-state index contributed by atoms with van der Waals surface area (Å²) in [5.41, 5.74) is 6.27. The van der Waals surface area contributed by atoms with Crippen LogP contribution in [0.5, 0.6) is 0 Å². The molecule has 0 spiro atoms. The monoisotopic (exact) mass is 293 g/mol. The first kappa shape index (κ1) is 13.6. The van der Waals surface area contributed by atoms with E-state index < -0.39 is 0 Å². The smallest absolute Gasteiger partial charge is 0.123 e. The van der Waals surface area contributed by atoms with Crippen LogP contribution in [-0.2, 0) is 0 Å². The molecule has 1 nitrogen and oxygen atoms in total. The quantitative estimate of drug-likeness (QED) is 0.706. The van der Waals surface area contributed by atoms with Crippen LogP contribution < -0.4 is 5.32 Å². The molecule has 0 fully saturated rings. The van der Waals surface area contributed by atoms with Gasteiger partial charge in [0, 0.05) is 11.6 Å². The number of allylic oxidation sites excluding steroid dienone is 2. The van der Waals surface area contributed by atoms with Crippen LogP contribution in [0.3, 0.4) is 0 Å². The number of aryl methyl sites for hydroxylation is 1. The summed E-state index contributed by atoms with van der Waals surface area (Å²) in [6, 6.07) is 11.7. The summed E-state index contributed by atoms with van der Waals surface area (Å²) in [6.07, 6.45) is 5.64. The zero-order chi connectivity index (χ0) is 15.3. The van der Waals surface area contributed by atoms with Gasteiger partial charge in [0.15, 0.2) is 0 Å². The molecule has 22 heavy (non-hydrogen) atoms. The molecular weight excluding hydrogens is 273 g/mol. The molecule has 1 heterocycles. The Morgan fingerprint density at radius 3 is 2.82 bits per heavy atom. The molecule has 2 heteroatoms. The molecule has 0 amide bonds. The fourth-order valence-electron chi connectivity index (χ4n) is 3.95. The van der Waals surface area contributed by atoms with E-state index in [2.05, 4.69) is 43.4 Å². The van der Waals surface area contributed by atoms with Crippen LogP contribution in [-0.4, -0.2) is 0 Å². The summed E-state index contributed by atoms with van der Waals surface area (Å²) >= 11 is 0. The van der Waals surface area contributed by atoms with Crippen molar-refractivity contribution in [2.45, 2.75) is 32.2 Å². The van der Waals surface area contributed by atoms with Gasteiger partial charge in [-0.05, 0) is 60.6 Å². The van der Waals surface area contributed by atoms with Gasteiger partial charge in [-0.2, -0.15) is 0 Å². The molecule has 0 radical (unpaired) electrons. The molecule has 1 aliphatic heterocycles. The Kier molecular flexibility index (Phi) is 3.07. The Labute approximate surface area is 130 Å². The maximum absolute atomic E-state index is 13.7. The third kappa shape index (κ3) is 1.98. The van der Waals surface area contributed by atoms with Gasteiger partial charge in [0.05, 0.1) is 6.04 Å². The molecule has 2 aromatic rings. The van der Waals surface area contributed by atoms with E-state index in [9.17, 15) is 4.39 Å². The van der Waals surface area contributed by atoms with Gasteiger partial charge in [-0.1, -0.05) is 36.4 Å². The number of hydrogen-bond acceptors (Lipinski definition) is 1. The van der Waals surface area contributed by atoms with Crippen molar-refractivity contribution in [3.8, 4) is 0 Å². The summed E-state index contributed by atoms with van der Waals surface area (Å²) in [6.45, 7) is 4.31. The van der Waals surface area contributed by atoms with Gasteiger partial charge in [0.2, 0.25) is 0 Å². The predicted octanol–water partition coefficient (Wildman–Crippen LogP) is 5.27. The number of halogens is 1. The van der Waals surface area contributed by atoms with Crippen molar-refractivity contribution in [2.75, 3.05) is 5.32 Å². The van der Waals surface area contributed by atoms with Gasteiger partial charge >= 0.3 is 0 Å². The van der Waals surface area contributed by atoms with Crippen LogP contribution >= 0.6 is 0 Å². The van der Waals surface area contributed by atoms with Crippen LogP contribution in [0.2, 0.25) is 0 Å². The molecule has 4 rings (SSSR count). The summed E-state index contributed by atoms with van der Waals surface area (Å²) in [5, 5.41) is 3.71. The van der Waals surface area contributed by atoms with Crippen molar-refractivity contribution in [3.63, 3.8) is 0 Å². The highest BCUT2D eigenvalue weighted by Gasteiger charge is 2.38. The highest BCUT2D eigenvalue weighted by molar-refractivity contribution is 5.65. The van der Waals surface area contributed by atoms with Crippen molar-refractivity contribution < 1.29 is 4.39 Å². The van der Waals surface area contributed by atoms with E-state index in [1.165, 1.54) is 28.4 Å². The number of fused-ring (bicyclic) bond motifs is 3. The second-order valence-electron chi connectivity index (χ2n) is 6.50. The van der Waals surface area contributed by atoms with Gasteiger partial charge < -0.3 is 5.32 Å². The van der Waals surface area contributed by atoms with Gasteiger partial charge in [0.25, 0.3) is 0 Å². The minimum Gasteiger partial charge on any atom is -0.377 e. The SMILES string of the molecule is Cc1ccc2c(c1C)N[C@H](c1cccc(F)c1)[C@@H]1CC=C[C@@H]21. The highest BCUT2D eigenvalue weighted by atomic mass is 19.1. The standard InChI is InChI=1S/C20H20FN/c1-12-9-10-18-16-7-4-8-17(16)20(22-19(18)13(12)2)14-5-3-6-15(21)11-14/h3-7,9-11,16-17,20,22H,8H2,1-2H3/t16-,17-,20-/m1/s1. The maximum atomic E-state index is 13.7. The Balaban J connectivity index is 1.84. The minimum atomic E-state index is -0.159. The van der Waals surface area contributed by atoms with E-state index in [1.807, 2.05) is 12.1 Å². The normalized spacial score (nSPS) is 25.5. The fourth-order valence-corrected chi connectivity index (χ4v) is 3.95. The number of anilines is 1. The largest absolute Gasteiger partial charge is 0.377 e. The van der Waals surface area contributed by atoms with Crippen molar-refractivity contribution >= 4 is 5.69 Å². The number of nitrogens with one attached hydrogen (secondary N) is 1. The summed E-state index contributed by atoms with van der Waals surface area (Å²) in [5.74, 6) is 0.744. The topological polar surface area (TPSA) is 12.0 Å². The van der Waals surface area contributed by atoms with E-state index in [4.69, 9.17) is 0 Å². The number of benzene rings is 2. The Hall–Kier alpha value is -2.09. The Morgan fingerprint density at radius 1 is 1.14 bits per heavy atom. The third-order valence-electron chi connectivity index (χ3n) is 5.28. The molecule has 0 unspecified atom stereocenters. The molecule has 2 aliphatic rings. The zero-order valence-corrected chi connectivity index (χ0v) is 12.9. The third-order valence-corrected chi connectivity index (χ3v) is 5.28. The molecule has 0 saturated carbocycles. The lowest BCUT2D eigenvalue weighted by Crippen LogP contribution is -2.29. The van der Waals surface area contributed by atoms with Crippen LogP contribution in [0.25, 0.3) is 0 Å². The van der Waals surface area contributed by atoms with Crippen LogP contribution in [0.1, 0.15) is 40.6 Å². The Bertz CT molecular complexity index is 762. The zero-order valence-electron chi connectivity index (χ0n) is 12.9. The van der Waals surface area contributed by atoms with E-state index in [0.717, 1.165) is 12.0 Å². The van der Waals surface area contributed by atoms with Crippen molar-refractivity contribution in [3.05, 3.63) is 76.6 Å². The lowest BCUT2D eigenvalue weighted by Gasteiger charge is -2.38. The average Bonchev–Trinajstić information content (AvgIpc) is 3.00. The van der Waals surface area contributed by atoms with Gasteiger partial charge in [-0.15, -0.1) is 0 Å². The Morgan fingerprint density at radius 2 is 2.00 bits per heavy atom. The average molecular weight is 293 g/mol. The van der Waals surface area contributed by atoms with Gasteiger partial charge in [0.1, 0.15) is 5.82 Å². The molecule has 0 aromatic heterocycles. The van der Waals surface area contributed by atoms with E-state index in [1.54, 1.807) is 6.07 Å². The predicted molar refractivity (Wildman–Crippen MR) is 88.7 cm³/mol. The lowest BCUT2D eigenvalue weighted by atomic mass is 9.76. The van der Waals surface area contributed by atoms with Crippen molar-refractivity contribution in [2.24, 2.45) is 5.92 Å². The summed E-state index contributed by atoms with van der Waals surface area (Å²) in [7, 11) is 0. The maximum Gasteiger partial charge on any atom is 0.123 e. The first-order valence-electron chi connectivity index (χ1n) is 7.94. The minimum absolute atomic E-state index is 0.159.